The average Bonchev–Trinajstić information content (AvgIpc) is 3.11. The first-order valence-corrected chi connectivity index (χ1v) is 21.0. The van der Waals surface area contributed by atoms with Gasteiger partial charge in [0.2, 0.25) is 0 Å². The first-order valence-electron chi connectivity index (χ1n) is 19.1. The molecule has 0 spiro atoms. The van der Waals surface area contributed by atoms with Gasteiger partial charge in [0.25, 0.3) is 0 Å². The topological polar surface area (TPSA) is 63.2 Å². The van der Waals surface area contributed by atoms with Gasteiger partial charge >= 0.3 is 14.8 Å². The minimum atomic E-state index is -2.57. The molecule has 0 aliphatic heterocycles. The quantitative estimate of drug-likeness (QED) is 0.0450. The Kier molecular flexibility index (Phi) is 19.8. The summed E-state index contributed by atoms with van der Waals surface area (Å²) in [4.78, 5) is 12.2. The van der Waals surface area contributed by atoms with Gasteiger partial charge in [0.1, 0.15) is 5.75 Å². The third-order valence-corrected chi connectivity index (χ3v) is 12.5. The normalized spacial score (nSPS) is 16.8. The van der Waals surface area contributed by atoms with Gasteiger partial charge in [0.05, 0.1) is 13.2 Å². The molecule has 48 heavy (non-hydrogen) atoms. The standard InChI is InChI=1S/C41H64O6Si/c1-5-9-10-11-14-17-35-18-20-37(21-19-35)34-44-40-29-27-39(28-30-40)38-25-22-36(23-26-38)24-31-41(42)43-32-15-12-13-16-33-48(45-6-2,46-7-3)47-8-4/h22-31,35,37H,5-21,32-34H2,1-4H3/b31-24+. The van der Waals surface area contributed by atoms with E-state index < -0.39 is 8.80 Å². The second-order valence-corrected chi connectivity index (χ2v) is 15.9. The lowest BCUT2D eigenvalue weighted by molar-refractivity contribution is -0.137. The van der Waals surface area contributed by atoms with E-state index in [-0.39, 0.29) is 5.97 Å². The fourth-order valence-electron chi connectivity index (χ4n) is 6.65. The zero-order chi connectivity index (χ0) is 34.3. The minimum Gasteiger partial charge on any atom is -0.493 e. The van der Waals surface area contributed by atoms with E-state index in [1.807, 2.05) is 39.0 Å². The SMILES string of the molecule is CCCCCCCC1CCC(COc2ccc(-c3ccc(/C=C/C(=O)OCCCCCC[Si](OCC)(OCC)OCC)cc3)cc2)CC1. The van der Waals surface area contributed by atoms with E-state index in [9.17, 15) is 4.79 Å². The zero-order valence-corrected chi connectivity index (χ0v) is 31.5. The lowest BCUT2D eigenvalue weighted by Gasteiger charge is -2.28. The predicted molar refractivity (Wildman–Crippen MR) is 200 cm³/mol. The molecule has 1 saturated carbocycles. The number of hydrogen-bond acceptors (Lipinski definition) is 6. The molecule has 0 amide bonds. The van der Waals surface area contributed by atoms with Gasteiger partial charge in [0, 0.05) is 31.9 Å². The summed E-state index contributed by atoms with van der Waals surface area (Å²) in [6.07, 6.45) is 20.9. The third-order valence-electron chi connectivity index (χ3n) is 9.39. The lowest BCUT2D eigenvalue weighted by atomic mass is 9.80. The first kappa shape index (κ1) is 40.0. The number of hydrogen-bond donors (Lipinski definition) is 0. The number of esters is 1. The minimum absolute atomic E-state index is 0.309. The van der Waals surface area contributed by atoms with Crippen LogP contribution in [0.2, 0.25) is 6.04 Å². The third kappa shape index (κ3) is 15.4. The average molecular weight is 681 g/mol. The monoisotopic (exact) mass is 680 g/mol. The molecule has 1 aliphatic rings. The lowest BCUT2D eigenvalue weighted by Crippen LogP contribution is -2.45. The van der Waals surface area contributed by atoms with Gasteiger partial charge < -0.3 is 22.8 Å². The Morgan fingerprint density at radius 1 is 0.688 bits per heavy atom. The van der Waals surface area contributed by atoms with Crippen molar-refractivity contribution in [1.82, 2.24) is 0 Å². The summed E-state index contributed by atoms with van der Waals surface area (Å²) >= 11 is 0. The van der Waals surface area contributed by atoms with E-state index in [1.165, 1.54) is 70.3 Å². The van der Waals surface area contributed by atoms with Gasteiger partial charge in [0.15, 0.2) is 0 Å². The van der Waals surface area contributed by atoms with Crippen LogP contribution in [-0.2, 0) is 22.8 Å². The fourth-order valence-corrected chi connectivity index (χ4v) is 9.34. The molecule has 0 radical (unpaired) electrons. The largest absolute Gasteiger partial charge is 0.500 e. The Hall–Kier alpha value is -2.45. The molecule has 0 bridgehead atoms. The first-order chi connectivity index (χ1) is 23.5. The van der Waals surface area contributed by atoms with E-state index in [0.717, 1.165) is 66.7 Å². The Morgan fingerprint density at radius 2 is 1.25 bits per heavy atom. The van der Waals surface area contributed by atoms with Crippen LogP contribution in [0.5, 0.6) is 5.75 Å². The number of carbonyl (C=O) groups is 1. The van der Waals surface area contributed by atoms with Crippen molar-refractivity contribution in [3.05, 3.63) is 60.2 Å². The van der Waals surface area contributed by atoms with Crippen molar-refractivity contribution in [1.29, 1.82) is 0 Å². The summed E-state index contributed by atoms with van der Waals surface area (Å²) in [6.45, 7) is 11.3. The molecule has 2 aromatic rings. The number of ether oxygens (including phenoxy) is 2. The van der Waals surface area contributed by atoms with Crippen molar-refractivity contribution in [2.24, 2.45) is 11.8 Å². The Labute approximate surface area is 293 Å². The molecule has 2 aromatic carbocycles. The number of rotatable bonds is 25. The van der Waals surface area contributed by atoms with E-state index in [1.54, 1.807) is 0 Å². The maximum Gasteiger partial charge on any atom is 0.500 e. The number of benzene rings is 2. The van der Waals surface area contributed by atoms with Gasteiger partial charge in [-0.25, -0.2) is 4.79 Å². The second-order valence-electron chi connectivity index (χ2n) is 13.2. The van der Waals surface area contributed by atoms with Gasteiger partial charge in [-0.05, 0) is 93.2 Å². The van der Waals surface area contributed by atoms with Crippen molar-refractivity contribution in [3.8, 4) is 16.9 Å². The van der Waals surface area contributed by atoms with Gasteiger partial charge in [-0.15, -0.1) is 0 Å². The maximum atomic E-state index is 12.2. The Balaban J connectivity index is 1.29. The molecule has 1 fully saturated rings. The maximum absolute atomic E-state index is 12.2. The molecular weight excluding hydrogens is 617 g/mol. The van der Waals surface area contributed by atoms with Crippen LogP contribution in [0.25, 0.3) is 17.2 Å². The van der Waals surface area contributed by atoms with E-state index >= 15 is 0 Å². The smallest absolute Gasteiger partial charge is 0.493 e. The van der Waals surface area contributed by atoms with Crippen LogP contribution < -0.4 is 4.74 Å². The number of unbranched alkanes of at least 4 members (excludes halogenated alkanes) is 7. The predicted octanol–water partition coefficient (Wildman–Crippen LogP) is 11.1. The van der Waals surface area contributed by atoms with Crippen LogP contribution in [0.1, 0.15) is 123 Å². The molecule has 1 aliphatic carbocycles. The van der Waals surface area contributed by atoms with Crippen molar-refractivity contribution in [2.75, 3.05) is 33.0 Å². The van der Waals surface area contributed by atoms with Gasteiger partial charge in [-0.2, -0.15) is 0 Å². The summed E-state index contributed by atoms with van der Waals surface area (Å²) < 4.78 is 29.4. The van der Waals surface area contributed by atoms with Crippen LogP contribution in [0.15, 0.2) is 54.6 Å². The van der Waals surface area contributed by atoms with Crippen molar-refractivity contribution in [3.63, 3.8) is 0 Å². The molecule has 0 atom stereocenters. The highest BCUT2D eigenvalue weighted by molar-refractivity contribution is 6.60. The van der Waals surface area contributed by atoms with Crippen molar-refractivity contribution in [2.45, 2.75) is 124 Å². The molecule has 0 heterocycles. The highest BCUT2D eigenvalue weighted by atomic mass is 28.4. The van der Waals surface area contributed by atoms with Crippen LogP contribution in [-0.4, -0.2) is 47.8 Å². The molecule has 6 nitrogen and oxygen atoms in total. The van der Waals surface area contributed by atoms with Gasteiger partial charge in [-0.1, -0.05) is 108 Å². The van der Waals surface area contributed by atoms with E-state index in [2.05, 4.69) is 43.3 Å². The highest BCUT2D eigenvalue weighted by Crippen LogP contribution is 2.33. The molecule has 268 valence electrons. The summed E-state index contributed by atoms with van der Waals surface area (Å²) in [7, 11) is -2.57. The van der Waals surface area contributed by atoms with E-state index in [4.69, 9.17) is 22.8 Å². The second kappa shape index (κ2) is 23.8. The molecule has 7 heteroatoms. The Bertz CT molecular complexity index is 1120. The van der Waals surface area contributed by atoms with Gasteiger partial charge in [-0.3, -0.25) is 0 Å². The van der Waals surface area contributed by atoms with Crippen LogP contribution in [0.3, 0.4) is 0 Å². The van der Waals surface area contributed by atoms with Crippen molar-refractivity contribution >= 4 is 20.8 Å². The van der Waals surface area contributed by atoms with Crippen LogP contribution in [0.4, 0.5) is 0 Å². The molecule has 3 rings (SSSR count). The Morgan fingerprint density at radius 3 is 1.88 bits per heavy atom. The zero-order valence-electron chi connectivity index (χ0n) is 30.5. The summed E-state index contributed by atoms with van der Waals surface area (Å²) in [5.74, 6) is 2.26. The molecule has 0 unspecified atom stereocenters. The molecule has 0 saturated heterocycles. The highest BCUT2D eigenvalue weighted by Gasteiger charge is 2.39. The van der Waals surface area contributed by atoms with Crippen LogP contribution in [0, 0.1) is 11.8 Å². The molecular formula is C41H64O6Si. The van der Waals surface area contributed by atoms with Crippen LogP contribution >= 0.6 is 0 Å². The van der Waals surface area contributed by atoms with Crippen molar-refractivity contribution < 1.29 is 27.5 Å². The summed E-state index contributed by atoms with van der Waals surface area (Å²) in [5, 5.41) is 0. The fraction of sp³-hybridized carbons (Fsp3) is 0.634. The molecule has 0 N–H and O–H groups in total. The number of carbonyl (C=O) groups excluding carboxylic acids is 1. The molecule has 0 aromatic heterocycles. The van der Waals surface area contributed by atoms with E-state index in [0.29, 0.717) is 32.3 Å². The summed E-state index contributed by atoms with van der Waals surface area (Å²) in [5.41, 5.74) is 3.25. The summed E-state index contributed by atoms with van der Waals surface area (Å²) in [6, 6.07) is 17.5.